The van der Waals surface area contributed by atoms with Crippen LogP contribution in [0.2, 0.25) is 10.0 Å². The van der Waals surface area contributed by atoms with Crippen LogP contribution in [0.15, 0.2) is 42.5 Å². The first kappa shape index (κ1) is 15.8. The van der Waals surface area contributed by atoms with Crippen molar-refractivity contribution < 1.29 is 9.47 Å². The molecule has 0 aromatic heterocycles. The molecule has 0 aliphatic heterocycles. The SMILES string of the molecule is CCOc1ccccc1OCCNc1ccc(Cl)cc1Cl. The highest BCUT2D eigenvalue weighted by atomic mass is 35.5. The van der Waals surface area contributed by atoms with Crippen LogP contribution in [0.5, 0.6) is 11.5 Å². The normalized spacial score (nSPS) is 10.2. The molecule has 0 fully saturated rings. The van der Waals surface area contributed by atoms with Crippen molar-refractivity contribution in [3.05, 3.63) is 52.5 Å². The van der Waals surface area contributed by atoms with Gasteiger partial charge in [0.05, 0.1) is 17.3 Å². The maximum absolute atomic E-state index is 6.08. The van der Waals surface area contributed by atoms with Crippen LogP contribution in [-0.2, 0) is 0 Å². The van der Waals surface area contributed by atoms with Crippen molar-refractivity contribution in [2.45, 2.75) is 6.92 Å². The minimum absolute atomic E-state index is 0.503. The van der Waals surface area contributed by atoms with E-state index in [1.165, 1.54) is 0 Å². The van der Waals surface area contributed by atoms with E-state index in [1.54, 1.807) is 12.1 Å². The van der Waals surface area contributed by atoms with Crippen LogP contribution in [0, 0.1) is 0 Å². The Balaban J connectivity index is 1.84. The molecular formula is C16H17Cl2NO2. The van der Waals surface area contributed by atoms with Crippen molar-refractivity contribution >= 4 is 28.9 Å². The number of hydrogen-bond donors (Lipinski definition) is 1. The second-order valence-electron chi connectivity index (χ2n) is 4.28. The van der Waals surface area contributed by atoms with Gasteiger partial charge in [-0.05, 0) is 37.3 Å². The molecule has 112 valence electrons. The second-order valence-corrected chi connectivity index (χ2v) is 5.12. The zero-order valence-corrected chi connectivity index (χ0v) is 13.2. The molecule has 0 spiro atoms. The third-order valence-corrected chi connectivity index (χ3v) is 3.30. The molecule has 2 rings (SSSR count). The van der Waals surface area contributed by atoms with Gasteiger partial charge in [-0.2, -0.15) is 0 Å². The van der Waals surface area contributed by atoms with Crippen molar-refractivity contribution in [3.63, 3.8) is 0 Å². The van der Waals surface area contributed by atoms with Crippen LogP contribution in [0.4, 0.5) is 5.69 Å². The predicted molar refractivity (Wildman–Crippen MR) is 88.1 cm³/mol. The first-order chi connectivity index (χ1) is 10.2. The molecule has 2 aromatic carbocycles. The van der Waals surface area contributed by atoms with Crippen LogP contribution in [-0.4, -0.2) is 19.8 Å². The van der Waals surface area contributed by atoms with Gasteiger partial charge in [-0.25, -0.2) is 0 Å². The first-order valence-electron chi connectivity index (χ1n) is 6.74. The van der Waals surface area contributed by atoms with E-state index < -0.39 is 0 Å². The molecule has 0 amide bonds. The summed E-state index contributed by atoms with van der Waals surface area (Å²) in [7, 11) is 0. The Bertz CT molecular complexity index is 590. The van der Waals surface area contributed by atoms with Gasteiger partial charge in [0.2, 0.25) is 0 Å². The average molecular weight is 326 g/mol. The van der Waals surface area contributed by atoms with Gasteiger partial charge in [0, 0.05) is 11.6 Å². The molecule has 0 bridgehead atoms. The summed E-state index contributed by atoms with van der Waals surface area (Å²) in [6, 6.07) is 13.0. The topological polar surface area (TPSA) is 30.5 Å². The van der Waals surface area contributed by atoms with Gasteiger partial charge >= 0.3 is 0 Å². The van der Waals surface area contributed by atoms with Crippen LogP contribution in [0.1, 0.15) is 6.92 Å². The minimum atomic E-state index is 0.503. The molecule has 3 nitrogen and oxygen atoms in total. The molecule has 0 saturated heterocycles. The van der Waals surface area contributed by atoms with Gasteiger partial charge in [-0.3, -0.25) is 0 Å². The summed E-state index contributed by atoms with van der Waals surface area (Å²) >= 11 is 11.9. The van der Waals surface area contributed by atoms with Gasteiger partial charge < -0.3 is 14.8 Å². The van der Waals surface area contributed by atoms with Gasteiger partial charge in [0.1, 0.15) is 6.61 Å². The maximum Gasteiger partial charge on any atom is 0.161 e. The Kier molecular flexibility index (Phi) is 6.03. The predicted octanol–water partition coefficient (Wildman–Crippen LogP) is 4.88. The number of nitrogens with one attached hydrogen (secondary N) is 1. The molecular weight excluding hydrogens is 309 g/mol. The maximum atomic E-state index is 6.08. The van der Waals surface area contributed by atoms with Gasteiger partial charge in [0.15, 0.2) is 11.5 Å². The largest absolute Gasteiger partial charge is 0.490 e. The number of hydrogen-bond acceptors (Lipinski definition) is 3. The lowest BCUT2D eigenvalue weighted by molar-refractivity contribution is 0.284. The van der Waals surface area contributed by atoms with Gasteiger partial charge in [-0.15, -0.1) is 0 Å². The summed E-state index contributed by atoms with van der Waals surface area (Å²) in [5.74, 6) is 1.49. The van der Waals surface area contributed by atoms with E-state index in [9.17, 15) is 0 Å². The molecule has 5 heteroatoms. The molecule has 21 heavy (non-hydrogen) atoms. The molecule has 0 heterocycles. The third kappa shape index (κ3) is 4.73. The fourth-order valence-corrected chi connectivity index (χ4v) is 2.30. The van der Waals surface area contributed by atoms with E-state index >= 15 is 0 Å². The fraction of sp³-hybridized carbons (Fsp3) is 0.250. The highest BCUT2D eigenvalue weighted by Gasteiger charge is 2.04. The zero-order chi connectivity index (χ0) is 15.1. The first-order valence-corrected chi connectivity index (χ1v) is 7.50. The standard InChI is InChI=1S/C16H17Cl2NO2/c1-2-20-15-5-3-4-6-16(15)21-10-9-19-14-8-7-12(17)11-13(14)18/h3-8,11,19H,2,9-10H2,1H3. The van der Waals surface area contributed by atoms with E-state index in [1.807, 2.05) is 37.3 Å². The van der Waals surface area contributed by atoms with E-state index in [-0.39, 0.29) is 0 Å². The van der Waals surface area contributed by atoms with Gasteiger partial charge in [-0.1, -0.05) is 35.3 Å². The molecule has 0 unspecified atom stereocenters. The smallest absolute Gasteiger partial charge is 0.161 e. The molecule has 0 aliphatic rings. The quantitative estimate of drug-likeness (QED) is 0.735. The van der Waals surface area contributed by atoms with E-state index in [4.69, 9.17) is 32.7 Å². The summed E-state index contributed by atoms with van der Waals surface area (Å²) in [5, 5.41) is 4.42. The minimum Gasteiger partial charge on any atom is -0.490 e. The molecule has 0 radical (unpaired) electrons. The number of para-hydroxylation sites is 2. The summed E-state index contributed by atoms with van der Waals surface area (Å²) in [5.41, 5.74) is 0.836. The number of rotatable bonds is 7. The van der Waals surface area contributed by atoms with Crippen LogP contribution >= 0.6 is 23.2 Å². The molecule has 0 aliphatic carbocycles. The van der Waals surface area contributed by atoms with E-state index in [2.05, 4.69) is 5.32 Å². The molecule has 1 N–H and O–H groups in total. The Labute approximate surface area is 134 Å². The lowest BCUT2D eigenvalue weighted by atomic mass is 10.3. The highest BCUT2D eigenvalue weighted by Crippen LogP contribution is 2.27. The van der Waals surface area contributed by atoms with Crippen LogP contribution < -0.4 is 14.8 Å². The summed E-state index contributed by atoms with van der Waals surface area (Å²) < 4.78 is 11.2. The summed E-state index contributed by atoms with van der Waals surface area (Å²) in [4.78, 5) is 0. The molecule has 0 atom stereocenters. The Hall–Kier alpha value is -1.58. The molecule has 2 aromatic rings. The third-order valence-electron chi connectivity index (χ3n) is 2.76. The summed E-state index contributed by atoms with van der Waals surface area (Å²) in [6.45, 7) is 3.69. The van der Waals surface area contributed by atoms with E-state index in [0.717, 1.165) is 17.2 Å². The Morgan fingerprint density at radius 2 is 1.71 bits per heavy atom. The number of halogens is 2. The van der Waals surface area contributed by atoms with Crippen molar-refractivity contribution in [1.82, 2.24) is 0 Å². The zero-order valence-electron chi connectivity index (χ0n) is 11.7. The second kappa shape index (κ2) is 8.01. The van der Waals surface area contributed by atoms with E-state index in [0.29, 0.717) is 29.8 Å². The Morgan fingerprint density at radius 3 is 2.38 bits per heavy atom. The highest BCUT2D eigenvalue weighted by molar-refractivity contribution is 6.36. The van der Waals surface area contributed by atoms with Crippen molar-refractivity contribution in [1.29, 1.82) is 0 Å². The van der Waals surface area contributed by atoms with Gasteiger partial charge in [0.25, 0.3) is 0 Å². The lowest BCUT2D eigenvalue weighted by Crippen LogP contribution is -2.12. The number of anilines is 1. The number of ether oxygens (including phenoxy) is 2. The molecule has 0 saturated carbocycles. The van der Waals surface area contributed by atoms with Crippen molar-refractivity contribution in [2.24, 2.45) is 0 Å². The summed E-state index contributed by atoms with van der Waals surface area (Å²) in [6.07, 6.45) is 0. The van der Waals surface area contributed by atoms with Crippen molar-refractivity contribution in [2.75, 3.05) is 25.1 Å². The monoisotopic (exact) mass is 325 g/mol. The average Bonchev–Trinajstić information content (AvgIpc) is 2.47. The van der Waals surface area contributed by atoms with Crippen LogP contribution in [0.25, 0.3) is 0 Å². The lowest BCUT2D eigenvalue weighted by Gasteiger charge is -2.13. The Morgan fingerprint density at radius 1 is 1.00 bits per heavy atom. The fourth-order valence-electron chi connectivity index (χ4n) is 1.82. The number of benzene rings is 2. The van der Waals surface area contributed by atoms with Crippen molar-refractivity contribution in [3.8, 4) is 11.5 Å². The van der Waals surface area contributed by atoms with Crippen LogP contribution in [0.3, 0.4) is 0 Å².